The third kappa shape index (κ3) is 2.25. The van der Waals surface area contributed by atoms with Gasteiger partial charge in [0.05, 0.1) is 6.61 Å². The summed E-state index contributed by atoms with van der Waals surface area (Å²) in [6, 6.07) is 0. The normalized spacial score (nSPS) is 30.1. The van der Waals surface area contributed by atoms with Crippen LogP contribution in [0.25, 0.3) is 0 Å². The van der Waals surface area contributed by atoms with Crippen LogP contribution in [0, 0.1) is 5.41 Å². The Kier molecular flexibility index (Phi) is 3.14. The minimum absolute atomic E-state index is 0.124. The maximum absolute atomic E-state index is 11.6. The molecule has 15 heavy (non-hydrogen) atoms. The van der Waals surface area contributed by atoms with Gasteiger partial charge in [-0.1, -0.05) is 6.92 Å². The Hall–Kier alpha value is -0.770. The molecule has 1 N–H and O–H groups in total. The van der Waals surface area contributed by atoms with Crippen LogP contribution in [0.3, 0.4) is 0 Å². The lowest BCUT2D eigenvalue weighted by molar-refractivity contribution is 0.106. The number of nitrogens with zero attached hydrogens (tertiary/aromatic N) is 1. The van der Waals surface area contributed by atoms with Crippen LogP contribution in [-0.2, 0) is 4.74 Å². The first-order valence-electron chi connectivity index (χ1n) is 5.88. The molecule has 2 saturated heterocycles. The largest absolute Gasteiger partial charge is 0.449 e. The summed E-state index contributed by atoms with van der Waals surface area (Å²) < 4.78 is 5.14. The lowest BCUT2D eigenvalue weighted by Gasteiger charge is -2.22. The van der Waals surface area contributed by atoms with Crippen LogP contribution < -0.4 is 5.32 Å². The predicted molar refractivity (Wildman–Crippen MR) is 57.7 cm³/mol. The van der Waals surface area contributed by atoms with E-state index in [4.69, 9.17) is 4.74 Å². The Bertz CT molecular complexity index is 237. The predicted octanol–water partition coefficient (Wildman–Crippen LogP) is 1.22. The first kappa shape index (κ1) is 10.7. The van der Waals surface area contributed by atoms with Gasteiger partial charge in [-0.15, -0.1) is 0 Å². The molecule has 4 heteroatoms. The van der Waals surface area contributed by atoms with Gasteiger partial charge in [-0.05, 0) is 25.8 Å². The molecule has 0 aromatic rings. The van der Waals surface area contributed by atoms with Crippen LogP contribution in [0.1, 0.15) is 26.2 Å². The minimum atomic E-state index is -0.124. The van der Waals surface area contributed by atoms with Gasteiger partial charge in [-0.25, -0.2) is 4.79 Å². The molecule has 1 unspecified atom stereocenters. The highest BCUT2D eigenvalue weighted by molar-refractivity contribution is 5.68. The van der Waals surface area contributed by atoms with E-state index >= 15 is 0 Å². The van der Waals surface area contributed by atoms with Crippen LogP contribution in [0.15, 0.2) is 0 Å². The highest BCUT2D eigenvalue weighted by Crippen LogP contribution is 2.36. The molecule has 4 nitrogen and oxygen atoms in total. The van der Waals surface area contributed by atoms with E-state index < -0.39 is 0 Å². The smallest absolute Gasteiger partial charge is 0.409 e. The fourth-order valence-electron chi connectivity index (χ4n) is 2.52. The van der Waals surface area contributed by atoms with Crippen LogP contribution >= 0.6 is 0 Å². The maximum Gasteiger partial charge on any atom is 0.409 e. The quantitative estimate of drug-likeness (QED) is 0.748. The van der Waals surface area contributed by atoms with E-state index in [0.717, 1.165) is 39.0 Å². The Morgan fingerprint density at radius 2 is 2.40 bits per heavy atom. The second-order valence-electron chi connectivity index (χ2n) is 4.71. The van der Waals surface area contributed by atoms with Gasteiger partial charge < -0.3 is 15.0 Å². The number of likely N-dealkylation sites (tertiary alicyclic amines) is 1. The fraction of sp³-hybridized carbons (Fsp3) is 0.909. The molecular weight excluding hydrogens is 192 g/mol. The van der Waals surface area contributed by atoms with Crippen molar-refractivity contribution in [2.24, 2.45) is 5.41 Å². The molecule has 86 valence electrons. The molecule has 0 aliphatic carbocycles. The molecule has 2 fully saturated rings. The number of rotatable bonds is 2. The van der Waals surface area contributed by atoms with Crippen molar-refractivity contribution in [3.63, 3.8) is 0 Å². The van der Waals surface area contributed by atoms with Crippen molar-refractivity contribution in [3.8, 4) is 0 Å². The average Bonchev–Trinajstić information content (AvgIpc) is 2.86. The summed E-state index contributed by atoms with van der Waals surface area (Å²) in [6.45, 7) is 6.45. The Labute approximate surface area is 91.0 Å². The minimum Gasteiger partial charge on any atom is -0.449 e. The molecule has 0 saturated carbocycles. The summed E-state index contributed by atoms with van der Waals surface area (Å²) in [4.78, 5) is 13.5. The second-order valence-corrected chi connectivity index (χ2v) is 4.71. The molecule has 0 radical (unpaired) electrons. The van der Waals surface area contributed by atoms with Crippen LogP contribution in [0.4, 0.5) is 4.79 Å². The zero-order chi connectivity index (χ0) is 10.7. The SMILES string of the molecule is CCCOC(=O)N1CCC2(CCNC2)C1. The van der Waals surface area contributed by atoms with Gasteiger partial charge in [0.25, 0.3) is 0 Å². The number of carbonyl (C=O) groups is 1. The summed E-state index contributed by atoms with van der Waals surface area (Å²) in [7, 11) is 0. The molecule has 1 spiro atoms. The van der Waals surface area contributed by atoms with Gasteiger partial charge in [-0.3, -0.25) is 0 Å². The zero-order valence-electron chi connectivity index (χ0n) is 9.42. The van der Waals surface area contributed by atoms with E-state index in [-0.39, 0.29) is 6.09 Å². The molecule has 2 rings (SSSR count). The number of carbonyl (C=O) groups excluding carboxylic acids is 1. The van der Waals surface area contributed by atoms with Gasteiger partial charge in [0.15, 0.2) is 0 Å². The molecule has 0 aromatic heterocycles. The van der Waals surface area contributed by atoms with Crippen LogP contribution in [0.2, 0.25) is 0 Å². The molecule has 2 aliphatic heterocycles. The highest BCUT2D eigenvalue weighted by Gasteiger charge is 2.42. The van der Waals surface area contributed by atoms with Crippen LogP contribution in [-0.4, -0.2) is 43.8 Å². The Balaban J connectivity index is 1.83. The van der Waals surface area contributed by atoms with E-state index in [9.17, 15) is 4.79 Å². The highest BCUT2D eigenvalue weighted by atomic mass is 16.6. The van der Waals surface area contributed by atoms with Crippen molar-refractivity contribution in [2.75, 3.05) is 32.8 Å². The molecule has 0 bridgehead atoms. The van der Waals surface area contributed by atoms with Crippen molar-refractivity contribution in [3.05, 3.63) is 0 Å². The van der Waals surface area contributed by atoms with E-state index in [1.165, 1.54) is 6.42 Å². The first-order chi connectivity index (χ1) is 7.26. The van der Waals surface area contributed by atoms with E-state index in [2.05, 4.69) is 5.32 Å². The van der Waals surface area contributed by atoms with Crippen LogP contribution in [0.5, 0.6) is 0 Å². The van der Waals surface area contributed by atoms with Crippen molar-refractivity contribution in [1.82, 2.24) is 10.2 Å². The Morgan fingerprint density at radius 3 is 3.07 bits per heavy atom. The zero-order valence-corrected chi connectivity index (χ0v) is 9.42. The fourth-order valence-corrected chi connectivity index (χ4v) is 2.52. The molecule has 0 aromatic carbocycles. The number of hydrogen-bond donors (Lipinski definition) is 1. The summed E-state index contributed by atoms with van der Waals surface area (Å²) >= 11 is 0. The number of nitrogens with one attached hydrogen (secondary N) is 1. The van der Waals surface area contributed by atoms with Crippen molar-refractivity contribution < 1.29 is 9.53 Å². The van der Waals surface area contributed by atoms with Crippen molar-refractivity contribution in [1.29, 1.82) is 0 Å². The lowest BCUT2D eigenvalue weighted by Crippen LogP contribution is -2.33. The van der Waals surface area contributed by atoms with Gasteiger partial charge in [-0.2, -0.15) is 0 Å². The first-order valence-corrected chi connectivity index (χ1v) is 5.88. The van der Waals surface area contributed by atoms with Gasteiger partial charge in [0.1, 0.15) is 0 Å². The summed E-state index contributed by atoms with van der Waals surface area (Å²) in [6.07, 6.45) is 3.10. The standard InChI is InChI=1S/C11H20N2O2/c1-2-7-15-10(14)13-6-4-11(9-13)3-5-12-8-11/h12H,2-9H2,1H3. The lowest BCUT2D eigenvalue weighted by atomic mass is 9.87. The van der Waals surface area contributed by atoms with Gasteiger partial charge in [0, 0.05) is 25.0 Å². The number of ether oxygens (including phenoxy) is 1. The van der Waals surface area contributed by atoms with Crippen molar-refractivity contribution >= 4 is 6.09 Å². The van der Waals surface area contributed by atoms with Crippen molar-refractivity contribution in [2.45, 2.75) is 26.2 Å². The molecular formula is C11H20N2O2. The second kappa shape index (κ2) is 4.39. The number of hydrogen-bond acceptors (Lipinski definition) is 3. The summed E-state index contributed by atoms with van der Waals surface area (Å²) in [5, 5.41) is 3.38. The topological polar surface area (TPSA) is 41.6 Å². The van der Waals surface area contributed by atoms with Gasteiger partial charge >= 0.3 is 6.09 Å². The monoisotopic (exact) mass is 212 g/mol. The number of amides is 1. The Morgan fingerprint density at radius 1 is 1.53 bits per heavy atom. The van der Waals surface area contributed by atoms with E-state index in [0.29, 0.717) is 12.0 Å². The third-order valence-corrected chi connectivity index (χ3v) is 3.46. The van der Waals surface area contributed by atoms with E-state index in [1.54, 1.807) is 0 Å². The average molecular weight is 212 g/mol. The molecule has 1 amide bonds. The molecule has 2 heterocycles. The van der Waals surface area contributed by atoms with Gasteiger partial charge in [0.2, 0.25) is 0 Å². The summed E-state index contributed by atoms with van der Waals surface area (Å²) in [5.74, 6) is 0. The third-order valence-electron chi connectivity index (χ3n) is 3.46. The van der Waals surface area contributed by atoms with E-state index in [1.807, 2.05) is 11.8 Å². The molecule has 2 aliphatic rings. The summed E-state index contributed by atoms with van der Waals surface area (Å²) in [5.41, 5.74) is 0.352. The molecule has 1 atom stereocenters. The maximum atomic E-state index is 11.6.